The highest BCUT2D eigenvalue weighted by Crippen LogP contribution is 2.08. The van der Waals surface area contributed by atoms with E-state index in [0.717, 1.165) is 0 Å². The Morgan fingerprint density at radius 2 is 2.12 bits per heavy atom. The predicted molar refractivity (Wildman–Crippen MR) is 61.4 cm³/mol. The molecule has 1 N–H and O–H groups in total. The van der Waals surface area contributed by atoms with E-state index in [0.29, 0.717) is 5.82 Å². The Morgan fingerprint density at radius 1 is 1.47 bits per heavy atom. The van der Waals surface area contributed by atoms with Crippen molar-refractivity contribution in [2.24, 2.45) is 7.05 Å². The van der Waals surface area contributed by atoms with Crippen LogP contribution in [0.25, 0.3) is 11.2 Å². The standard InChI is InChI=1S/C10H12N4O3/c1-4-5-13-8-7(12(3)6(2)11-8)9(15)14(17)10(13)16/h4,17H,1,5H2,2-3H3. The van der Waals surface area contributed by atoms with Crippen molar-refractivity contribution in [1.29, 1.82) is 0 Å². The van der Waals surface area contributed by atoms with Gasteiger partial charge in [-0.1, -0.05) is 10.8 Å². The number of aryl methyl sites for hydroxylation is 2. The zero-order valence-electron chi connectivity index (χ0n) is 9.54. The molecule has 0 atom stereocenters. The van der Waals surface area contributed by atoms with E-state index in [2.05, 4.69) is 11.6 Å². The Balaban J connectivity index is 3.09. The average Bonchev–Trinajstić information content (AvgIpc) is 2.59. The van der Waals surface area contributed by atoms with Crippen LogP contribution in [-0.4, -0.2) is 24.1 Å². The van der Waals surface area contributed by atoms with Crippen LogP contribution in [0.4, 0.5) is 0 Å². The van der Waals surface area contributed by atoms with E-state index in [1.807, 2.05) is 0 Å². The summed E-state index contributed by atoms with van der Waals surface area (Å²) in [5.74, 6) is 0.584. The molecule has 2 heterocycles. The first-order valence-corrected chi connectivity index (χ1v) is 4.98. The van der Waals surface area contributed by atoms with Crippen LogP contribution in [0.15, 0.2) is 22.2 Å². The van der Waals surface area contributed by atoms with Crippen LogP contribution < -0.4 is 11.2 Å². The lowest BCUT2D eigenvalue weighted by molar-refractivity contribution is 0.157. The summed E-state index contributed by atoms with van der Waals surface area (Å²) in [7, 11) is 1.65. The van der Waals surface area contributed by atoms with Crippen molar-refractivity contribution in [3.8, 4) is 0 Å². The third-order valence-electron chi connectivity index (χ3n) is 2.67. The maximum absolute atomic E-state index is 11.8. The summed E-state index contributed by atoms with van der Waals surface area (Å²) in [6.45, 7) is 5.41. The molecule has 0 aliphatic carbocycles. The first-order chi connectivity index (χ1) is 7.99. The Labute approximate surface area is 95.8 Å². The molecule has 0 fully saturated rings. The first-order valence-electron chi connectivity index (χ1n) is 4.98. The van der Waals surface area contributed by atoms with Crippen molar-refractivity contribution in [2.75, 3.05) is 0 Å². The van der Waals surface area contributed by atoms with E-state index in [4.69, 9.17) is 0 Å². The number of imidazole rings is 1. The Kier molecular flexibility index (Phi) is 2.38. The van der Waals surface area contributed by atoms with Crippen molar-refractivity contribution in [1.82, 2.24) is 18.8 Å². The number of fused-ring (bicyclic) bond motifs is 1. The number of hydrogen-bond donors (Lipinski definition) is 1. The normalized spacial score (nSPS) is 10.9. The lowest BCUT2D eigenvalue weighted by Crippen LogP contribution is -2.39. The van der Waals surface area contributed by atoms with Gasteiger partial charge in [0, 0.05) is 13.6 Å². The molecular weight excluding hydrogens is 224 g/mol. The number of rotatable bonds is 2. The van der Waals surface area contributed by atoms with Gasteiger partial charge in [-0.3, -0.25) is 9.36 Å². The Hall–Kier alpha value is -2.31. The highest BCUT2D eigenvalue weighted by molar-refractivity contribution is 5.70. The van der Waals surface area contributed by atoms with Gasteiger partial charge in [-0.15, -0.1) is 6.58 Å². The molecule has 90 valence electrons. The van der Waals surface area contributed by atoms with Gasteiger partial charge in [0.1, 0.15) is 5.82 Å². The van der Waals surface area contributed by atoms with E-state index >= 15 is 0 Å². The molecular formula is C10H12N4O3. The van der Waals surface area contributed by atoms with Crippen LogP contribution in [0.3, 0.4) is 0 Å². The monoisotopic (exact) mass is 236 g/mol. The quantitative estimate of drug-likeness (QED) is 0.569. The molecule has 0 unspecified atom stereocenters. The van der Waals surface area contributed by atoms with Crippen LogP contribution in [0.2, 0.25) is 0 Å². The van der Waals surface area contributed by atoms with Gasteiger partial charge in [-0.05, 0) is 6.92 Å². The summed E-state index contributed by atoms with van der Waals surface area (Å²) < 4.78 is 2.81. The maximum atomic E-state index is 11.8. The summed E-state index contributed by atoms with van der Waals surface area (Å²) >= 11 is 0. The first kappa shape index (κ1) is 11.2. The van der Waals surface area contributed by atoms with Crippen molar-refractivity contribution >= 4 is 11.2 Å². The second-order valence-electron chi connectivity index (χ2n) is 3.69. The third kappa shape index (κ3) is 1.39. The number of hydrogen-bond acceptors (Lipinski definition) is 4. The highest BCUT2D eigenvalue weighted by Gasteiger charge is 2.17. The molecule has 0 saturated heterocycles. The molecule has 17 heavy (non-hydrogen) atoms. The number of allylic oxidation sites excluding steroid dienone is 1. The second kappa shape index (κ2) is 3.62. The summed E-state index contributed by atoms with van der Waals surface area (Å²) in [5, 5.41) is 9.44. The summed E-state index contributed by atoms with van der Waals surface area (Å²) in [6, 6.07) is 0. The Morgan fingerprint density at radius 3 is 2.71 bits per heavy atom. The van der Waals surface area contributed by atoms with Gasteiger partial charge in [-0.2, -0.15) is 0 Å². The number of aromatic nitrogens is 4. The molecule has 0 bridgehead atoms. The van der Waals surface area contributed by atoms with Gasteiger partial charge >= 0.3 is 11.2 Å². The second-order valence-corrected chi connectivity index (χ2v) is 3.69. The highest BCUT2D eigenvalue weighted by atomic mass is 16.5. The SMILES string of the molecule is C=CCn1c(=O)n(O)c(=O)c2c1nc(C)n2C. The summed E-state index contributed by atoms with van der Waals surface area (Å²) in [6.07, 6.45) is 1.50. The van der Waals surface area contributed by atoms with E-state index in [1.54, 1.807) is 14.0 Å². The van der Waals surface area contributed by atoms with Crippen LogP contribution in [-0.2, 0) is 13.6 Å². The van der Waals surface area contributed by atoms with E-state index in [1.165, 1.54) is 15.2 Å². The molecule has 0 spiro atoms. The molecule has 7 nitrogen and oxygen atoms in total. The van der Waals surface area contributed by atoms with E-state index in [9.17, 15) is 14.8 Å². The van der Waals surface area contributed by atoms with E-state index < -0.39 is 11.2 Å². The molecule has 2 aromatic heterocycles. The summed E-state index contributed by atoms with van der Waals surface area (Å²) in [5.41, 5.74) is -1.15. The topological polar surface area (TPSA) is 82.0 Å². The van der Waals surface area contributed by atoms with Gasteiger partial charge < -0.3 is 9.77 Å². The van der Waals surface area contributed by atoms with Crippen LogP contribution in [0.5, 0.6) is 0 Å². The fourth-order valence-corrected chi connectivity index (χ4v) is 1.71. The van der Waals surface area contributed by atoms with Crippen LogP contribution in [0, 0.1) is 6.92 Å². The largest absolute Gasteiger partial charge is 0.421 e. The van der Waals surface area contributed by atoms with E-state index in [-0.39, 0.29) is 22.4 Å². The van der Waals surface area contributed by atoms with Crippen LogP contribution >= 0.6 is 0 Å². The van der Waals surface area contributed by atoms with Gasteiger partial charge in [0.05, 0.1) is 0 Å². The zero-order valence-corrected chi connectivity index (χ0v) is 9.54. The van der Waals surface area contributed by atoms with Crippen molar-refractivity contribution in [2.45, 2.75) is 13.5 Å². The number of nitrogens with zero attached hydrogens (tertiary/aromatic N) is 4. The molecule has 0 saturated carbocycles. The van der Waals surface area contributed by atoms with Crippen molar-refractivity contribution in [3.05, 3.63) is 39.3 Å². The molecule has 0 radical (unpaired) electrons. The summed E-state index contributed by atoms with van der Waals surface area (Å²) in [4.78, 5) is 27.6. The van der Waals surface area contributed by atoms with Crippen LogP contribution in [0.1, 0.15) is 5.82 Å². The van der Waals surface area contributed by atoms with Gasteiger partial charge in [0.25, 0.3) is 0 Å². The maximum Gasteiger partial charge on any atom is 0.366 e. The molecule has 0 aliphatic heterocycles. The van der Waals surface area contributed by atoms with Crippen molar-refractivity contribution in [3.63, 3.8) is 0 Å². The van der Waals surface area contributed by atoms with Gasteiger partial charge in [0.2, 0.25) is 0 Å². The molecule has 7 heteroatoms. The predicted octanol–water partition coefficient (Wildman–Crippen LogP) is -0.372. The van der Waals surface area contributed by atoms with Crippen molar-refractivity contribution < 1.29 is 5.21 Å². The van der Waals surface area contributed by atoms with Gasteiger partial charge in [0.15, 0.2) is 11.2 Å². The molecule has 2 aromatic rings. The molecule has 0 aromatic carbocycles. The smallest absolute Gasteiger partial charge is 0.366 e. The minimum absolute atomic E-state index is 0.0902. The zero-order chi connectivity index (χ0) is 12.7. The lowest BCUT2D eigenvalue weighted by Gasteiger charge is -2.05. The molecule has 2 rings (SSSR count). The Bertz CT molecular complexity index is 720. The minimum Gasteiger partial charge on any atom is -0.421 e. The average molecular weight is 236 g/mol. The fraction of sp³-hybridized carbons (Fsp3) is 0.300. The fourth-order valence-electron chi connectivity index (χ4n) is 1.71. The van der Waals surface area contributed by atoms with Gasteiger partial charge in [-0.25, -0.2) is 9.78 Å². The molecule has 0 aliphatic rings. The molecule has 0 amide bonds. The minimum atomic E-state index is -0.819. The lowest BCUT2D eigenvalue weighted by atomic mass is 10.5. The third-order valence-corrected chi connectivity index (χ3v) is 2.67.